The topological polar surface area (TPSA) is 98.8 Å². The molecule has 1 aliphatic heterocycles. The van der Waals surface area contributed by atoms with Crippen LogP contribution in [0.4, 0.5) is 5.69 Å². The minimum atomic E-state index is -0.253. The Morgan fingerprint density at radius 3 is 2.69 bits per heavy atom. The van der Waals surface area contributed by atoms with Crippen molar-refractivity contribution in [3.05, 3.63) is 77.5 Å². The molecule has 9 heteroatoms. The van der Waals surface area contributed by atoms with Crippen LogP contribution in [0.5, 0.6) is 11.5 Å². The van der Waals surface area contributed by atoms with Crippen LogP contribution < -0.4 is 20.1 Å². The van der Waals surface area contributed by atoms with Gasteiger partial charge in [0.15, 0.2) is 11.5 Å². The van der Waals surface area contributed by atoms with Crippen molar-refractivity contribution in [2.24, 2.45) is 0 Å². The molecule has 0 fully saturated rings. The summed E-state index contributed by atoms with van der Waals surface area (Å²) in [5.74, 6) is 0.871. The average molecular weight is 494 g/mol. The number of carbonyl (C=O) groups excluding carboxylic acids is 2. The predicted molar refractivity (Wildman–Crippen MR) is 134 cm³/mol. The van der Waals surface area contributed by atoms with E-state index in [0.29, 0.717) is 40.9 Å². The molecule has 2 amide bonds. The van der Waals surface area contributed by atoms with Gasteiger partial charge in [0.05, 0.1) is 24.0 Å². The van der Waals surface area contributed by atoms with Gasteiger partial charge in [0, 0.05) is 24.5 Å². The third kappa shape index (κ3) is 6.74. The van der Waals surface area contributed by atoms with Crippen LogP contribution in [0.1, 0.15) is 35.3 Å². The highest BCUT2D eigenvalue weighted by Gasteiger charge is 2.17. The van der Waals surface area contributed by atoms with Crippen LogP contribution in [0.25, 0.3) is 0 Å². The van der Waals surface area contributed by atoms with Gasteiger partial charge in [0.1, 0.15) is 5.03 Å². The summed E-state index contributed by atoms with van der Waals surface area (Å²) < 4.78 is 16.3. The first-order chi connectivity index (χ1) is 17.0. The molecule has 2 heterocycles. The number of pyridine rings is 1. The van der Waals surface area contributed by atoms with Gasteiger partial charge in [-0.15, -0.1) is 0 Å². The van der Waals surface area contributed by atoms with Crippen molar-refractivity contribution < 1.29 is 23.8 Å². The first-order valence-corrected chi connectivity index (χ1v) is 12.2. The van der Waals surface area contributed by atoms with Crippen LogP contribution in [0.15, 0.2) is 65.8 Å². The minimum absolute atomic E-state index is 0.0983. The molecular formula is C26H27N3O5S. The maximum absolute atomic E-state index is 12.9. The van der Waals surface area contributed by atoms with E-state index in [9.17, 15) is 9.59 Å². The normalized spacial score (nSPS) is 12.0. The third-order valence-electron chi connectivity index (χ3n) is 5.14. The number of benzene rings is 2. The van der Waals surface area contributed by atoms with E-state index >= 15 is 0 Å². The van der Waals surface area contributed by atoms with Crippen molar-refractivity contribution >= 4 is 29.3 Å². The lowest BCUT2D eigenvalue weighted by Crippen LogP contribution is -2.24. The molecule has 0 bridgehead atoms. The molecule has 0 spiro atoms. The lowest BCUT2D eigenvalue weighted by atomic mass is 10.1. The Labute approximate surface area is 208 Å². The molecule has 4 rings (SSSR count). The molecule has 35 heavy (non-hydrogen) atoms. The van der Waals surface area contributed by atoms with Gasteiger partial charge in [-0.05, 0) is 49.2 Å². The van der Waals surface area contributed by atoms with E-state index in [4.69, 9.17) is 14.2 Å². The van der Waals surface area contributed by atoms with E-state index in [1.54, 1.807) is 36.5 Å². The van der Waals surface area contributed by atoms with Crippen LogP contribution in [0.2, 0.25) is 0 Å². The van der Waals surface area contributed by atoms with Gasteiger partial charge in [0.2, 0.25) is 12.7 Å². The van der Waals surface area contributed by atoms with Crippen molar-refractivity contribution in [1.29, 1.82) is 0 Å². The Balaban J connectivity index is 1.34. The molecule has 182 valence electrons. The standard InChI is InChI=1S/C26H27N3O5S/c1-17(2)32-14-19-7-4-3-6-18(19)13-28-25(31)21-8-5-11-27-26(21)35-15-24(30)29-20-9-10-22-23(12-20)34-16-33-22/h3-12,17H,13-16H2,1-2H3,(H,28,31)(H,29,30). The molecule has 8 nitrogen and oxygen atoms in total. The van der Waals surface area contributed by atoms with Gasteiger partial charge < -0.3 is 24.8 Å². The number of ether oxygens (including phenoxy) is 3. The summed E-state index contributed by atoms with van der Waals surface area (Å²) in [6.07, 6.45) is 1.72. The van der Waals surface area contributed by atoms with Crippen LogP contribution >= 0.6 is 11.8 Å². The van der Waals surface area contributed by atoms with Crippen LogP contribution in [0, 0.1) is 0 Å². The average Bonchev–Trinajstić information content (AvgIpc) is 3.33. The zero-order valence-electron chi connectivity index (χ0n) is 19.6. The summed E-state index contributed by atoms with van der Waals surface area (Å²) in [6.45, 7) is 4.99. The number of fused-ring (bicyclic) bond motifs is 1. The molecule has 2 N–H and O–H groups in total. The number of anilines is 1. The zero-order valence-corrected chi connectivity index (χ0v) is 20.4. The zero-order chi connectivity index (χ0) is 24.6. The second kappa shape index (κ2) is 11.7. The first-order valence-electron chi connectivity index (χ1n) is 11.2. The molecule has 0 saturated carbocycles. The molecular weight excluding hydrogens is 466 g/mol. The number of nitrogens with zero attached hydrogens (tertiary/aromatic N) is 1. The molecule has 0 saturated heterocycles. The number of hydrogen-bond acceptors (Lipinski definition) is 7. The maximum Gasteiger partial charge on any atom is 0.254 e. The summed E-state index contributed by atoms with van der Waals surface area (Å²) in [7, 11) is 0. The van der Waals surface area contributed by atoms with Crippen LogP contribution in [-0.4, -0.2) is 35.4 Å². The van der Waals surface area contributed by atoms with E-state index in [-0.39, 0.29) is 30.5 Å². The number of carbonyl (C=O) groups is 2. The number of rotatable bonds is 10. The molecule has 1 aromatic heterocycles. The van der Waals surface area contributed by atoms with E-state index in [0.717, 1.165) is 11.1 Å². The quantitative estimate of drug-likeness (QED) is 0.404. The second-order valence-electron chi connectivity index (χ2n) is 8.07. The van der Waals surface area contributed by atoms with Crippen molar-refractivity contribution in [3.8, 4) is 11.5 Å². The lowest BCUT2D eigenvalue weighted by molar-refractivity contribution is -0.113. The molecule has 0 aliphatic carbocycles. The van der Waals surface area contributed by atoms with Gasteiger partial charge in [-0.1, -0.05) is 36.0 Å². The van der Waals surface area contributed by atoms with Gasteiger partial charge in [-0.3, -0.25) is 9.59 Å². The Bertz CT molecular complexity index is 1200. The fourth-order valence-corrected chi connectivity index (χ4v) is 4.17. The largest absolute Gasteiger partial charge is 0.454 e. The highest BCUT2D eigenvalue weighted by atomic mass is 32.2. The van der Waals surface area contributed by atoms with Crippen LogP contribution in [0.3, 0.4) is 0 Å². The minimum Gasteiger partial charge on any atom is -0.454 e. The van der Waals surface area contributed by atoms with Crippen molar-refractivity contribution in [2.45, 2.75) is 38.1 Å². The fraction of sp³-hybridized carbons (Fsp3) is 0.269. The van der Waals surface area contributed by atoms with Gasteiger partial charge in [0.25, 0.3) is 5.91 Å². The smallest absolute Gasteiger partial charge is 0.254 e. The lowest BCUT2D eigenvalue weighted by Gasteiger charge is -2.13. The number of thioether (sulfide) groups is 1. The Morgan fingerprint density at radius 2 is 1.86 bits per heavy atom. The SMILES string of the molecule is CC(C)OCc1ccccc1CNC(=O)c1cccnc1SCC(=O)Nc1ccc2c(c1)OCO2. The Kier molecular flexibility index (Phi) is 8.23. The maximum atomic E-state index is 12.9. The van der Waals surface area contributed by atoms with E-state index < -0.39 is 0 Å². The van der Waals surface area contributed by atoms with Crippen molar-refractivity contribution in [3.63, 3.8) is 0 Å². The van der Waals surface area contributed by atoms with Crippen molar-refractivity contribution in [2.75, 3.05) is 17.9 Å². The molecule has 3 aromatic rings. The van der Waals surface area contributed by atoms with Crippen molar-refractivity contribution in [1.82, 2.24) is 10.3 Å². The number of nitrogens with one attached hydrogen (secondary N) is 2. The monoisotopic (exact) mass is 493 g/mol. The molecule has 1 aliphatic rings. The van der Waals surface area contributed by atoms with Crippen LogP contribution in [-0.2, 0) is 22.7 Å². The van der Waals surface area contributed by atoms with E-state index in [1.165, 1.54) is 11.8 Å². The highest BCUT2D eigenvalue weighted by Crippen LogP contribution is 2.34. The third-order valence-corrected chi connectivity index (χ3v) is 6.15. The number of hydrogen-bond donors (Lipinski definition) is 2. The Morgan fingerprint density at radius 1 is 1.06 bits per heavy atom. The van der Waals surface area contributed by atoms with Gasteiger partial charge in [-0.25, -0.2) is 4.98 Å². The van der Waals surface area contributed by atoms with E-state index in [2.05, 4.69) is 15.6 Å². The second-order valence-corrected chi connectivity index (χ2v) is 9.04. The molecule has 2 aromatic carbocycles. The fourth-order valence-electron chi connectivity index (χ4n) is 3.38. The van der Waals surface area contributed by atoms with Gasteiger partial charge >= 0.3 is 0 Å². The number of aromatic nitrogens is 1. The summed E-state index contributed by atoms with van der Waals surface area (Å²) in [5.41, 5.74) is 3.05. The summed E-state index contributed by atoms with van der Waals surface area (Å²) in [4.78, 5) is 29.7. The summed E-state index contributed by atoms with van der Waals surface area (Å²) in [5, 5.41) is 6.28. The number of amides is 2. The van der Waals surface area contributed by atoms with Gasteiger partial charge in [-0.2, -0.15) is 0 Å². The molecule has 0 atom stereocenters. The molecule has 0 unspecified atom stereocenters. The summed E-state index contributed by atoms with van der Waals surface area (Å²) >= 11 is 1.20. The highest BCUT2D eigenvalue weighted by molar-refractivity contribution is 8.00. The summed E-state index contributed by atoms with van der Waals surface area (Å²) in [6, 6.07) is 16.5. The Hall–Kier alpha value is -3.56. The predicted octanol–water partition coefficient (Wildman–Crippen LogP) is 4.40. The molecule has 0 radical (unpaired) electrons. The first kappa shape index (κ1) is 24.6. The van der Waals surface area contributed by atoms with E-state index in [1.807, 2.05) is 38.1 Å².